The molecule has 2 unspecified atom stereocenters. The highest BCUT2D eigenvalue weighted by Gasteiger charge is 2.23. The summed E-state index contributed by atoms with van der Waals surface area (Å²) in [6.07, 6.45) is 2.44. The molecule has 10 heavy (non-hydrogen) atoms. The first-order chi connectivity index (χ1) is 4.75. The fourth-order valence-corrected chi connectivity index (χ4v) is 1.65. The van der Waals surface area contributed by atoms with E-state index in [4.69, 9.17) is 5.11 Å². The molecule has 60 valence electrons. The monoisotopic (exact) mass is 143 g/mol. The second-order valence-electron chi connectivity index (χ2n) is 3.31. The maximum absolute atomic E-state index is 8.95. The topological polar surface area (TPSA) is 23.5 Å². The Morgan fingerprint density at radius 1 is 1.60 bits per heavy atom. The van der Waals surface area contributed by atoms with Gasteiger partial charge in [0.15, 0.2) is 0 Å². The number of aliphatic hydroxyl groups excluding tert-OH is 1. The summed E-state index contributed by atoms with van der Waals surface area (Å²) < 4.78 is 0. The van der Waals surface area contributed by atoms with Crippen LogP contribution >= 0.6 is 0 Å². The minimum atomic E-state index is 0.353. The third-order valence-electron chi connectivity index (χ3n) is 2.70. The van der Waals surface area contributed by atoms with E-state index in [9.17, 15) is 0 Å². The van der Waals surface area contributed by atoms with Gasteiger partial charge in [-0.2, -0.15) is 0 Å². The molecule has 2 atom stereocenters. The van der Waals surface area contributed by atoms with Crippen LogP contribution in [0.2, 0.25) is 0 Å². The average Bonchev–Trinajstić information content (AvgIpc) is 1.95. The zero-order valence-electron chi connectivity index (χ0n) is 6.88. The highest BCUT2D eigenvalue weighted by molar-refractivity contribution is 4.77. The molecule has 0 aromatic rings. The number of hydrogen-bond acceptors (Lipinski definition) is 2. The Bertz CT molecular complexity index is 105. The summed E-state index contributed by atoms with van der Waals surface area (Å²) in [6, 6.07) is 0.568. The van der Waals surface area contributed by atoms with E-state index in [2.05, 4.69) is 18.9 Å². The van der Waals surface area contributed by atoms with Crippen LogP contribution in [0.4, 0.5) is 0 Å². The van der Waals surface area contributed by atoms with Crippen LogP contribution in [0.3, 0.4) is 0 Å². The lowest BCUT2D eigenvalue weighted by Gasteiger charge is -2.35. The van der Waals surface area contributed by atoms with E-state index in [1.807, 2.05) is 0 Å². The predicted octanol–water partition coefficient (Wildman–Crippen LogP) is 0.709. The molecule has 0 bridgehead atoms. The van der Waals surface area contributed by atoms with Crippen LogP contribution in [0.1, 0.15) is 19.8 Å². The third-order valence-corrected chi connectivity index (χ3v) is 2.70. The van der Waals surface area contributed by atoms with Gasteiger partial charge < -0.3 is 10.0 Å². The van der Waals surface area contributed by atoms with Crippen molar-refractivity contribution in [2.24, 2.45) is 5.92 Å². The number of likely N-dealkylation sites (tertiary alicyclic amines) is 1. The SMILES string of the molecule is CC1C(CO)CCCN1C. The second kappa shape index (κ2) is 3.35. The molecule has 0 amide bonds. The first kappa shape index (κ1) is 8.02. The van der Waals surface area contributed by atoms with E-state index < -0.39 is 0 Å². The summed E-state index contributed by atoms with van der Waals surface area (Å²) in [4.78, 5) is 2.32. The molecule has 1 aliphatic rings. The number of hydrogen-bond donors (Lipinski definition) is 1. The van der Waals surface area contributed by atoms with Gasteiger partial charge >= 0.3 is 0 Å². The van der Waals surface area contributed by atoms with Crippen LogP contribution in [0.5, 0.6) is 0 Å². The standard InChI is InChI=1S/C8H17NO/c1-7-8(6-10)4-3-5-9(7)2/h7-8,10H,3-6H2,1-2H3. The smallest absolute Gasteiger partial charge is 0.0474 e. The van der Waals surface area contributed by atoms with Gasteiger partial charge in [-0.15, -0.1) is 0 Å². The van der Waals surface area contributed by atoms with Crippen molar-refractivity contribution in [1.29, 1.82) is 0 Å². The fourth-order valence-electron chi connectivity index (χ4n) is 1.65. The lowest BCUT2D eigenvalue weighted by Crippen LogP contribution is -2.41. The van der Waals surface area contributed by atoms with Crippen molar-refractivity contribution in [2.75, 3.05) is 20.2 Å². The average molecular weight is 143 g/mol. The number of aliphatic hydroxyl groups is 1. The van der Waals surface area contributed by atoms with Crippen LogP contribution in [0.15, 0.2) is 0 Å². The quantitative estimate of drug-likeness (QED) is 0.584. The lowest BCUT2D eigenvalue weighted by molar-refractivity contribution is 0.0851. The normalized spacial score (nSPS) is 36.3. The number of piperidine rings is 1. The summed E-state index contributed by atoms with van der Waals surface area (Å²) in [5, 5.41) is 8.95. The van der Waals surface area contributed by atoms with Crippen LogP contribution in [0.25, 0.3) is 0 Å². The molecule has 1 heterocycles. The fraction of sp³-hybridized carbons (Fsp3) is 1.00. The largest absolute Gasteiger partial charge is 0.396 e. The van der Waals surface area contributed by atoms with E-state index in [0.717, 1.165) is 0 Å². The van der Waals surface area contributed by atoms with E-state index in [0.29, 0.717) is 18.6 Å². The van der Waals surface area contributed by atoms with Crippen molar-refractivity contribution in [2.45, 2.75) is 25.8 Å². The zero-order chi connectivity index (χ0) is 7.56. The maximum Gasteiger partial charge on any atom is 0.0474 e. The molecule has 1 saturated heterocycles. The molecule has 2 nitrogen and oxygen atoms in total. The van der Waals surface area contributed by atoms with E-state index >= 15 is 0 Å². The Balaban J connectivity index is 2.42. The predicted molar refractivity (Wildman–Crippen MR) is 41.9 cm³/mol. The molecule has 1 aliphatic heterocycles. The summed E-state index contributed by atoms with van der Waals surface area (Å²) in [6.45, 7) is 3.74. The molecule has 0 aromatic carbocycles. The minimum absolute atomic E-state index is 0.353. The van der Waals surface area contributed by atoms with Gasteiger partial charge in [-0.25, -0.2) is 0 Å². The molecule has 0 aliphatic carbocycles. The van der Waals surface area contributed by atoms with Crippen molar-refractivity contribution in [3.05, 3.63) is 0 Å². The first-order valence-corrected chi connectivity index (χ1v) is 4.07. The molecule has 0 aromatic heterocycles. The van der Waals surface area contributed by atoms with Crippen molar-refractivity contribution in [1.82, 2.24) is 4.90 Å². The van der Waals surface area contributed by atoms with Gasteiger partial charge in [0.1, 0.15) is 0 Å². The molecule has 0 spiro atoms. The lowest BCUT2D eigenvalue weighted by atomic mass is 9.92. The highest BCUT2D eigenvalue weighted by Crippen LogP contribution is 2.20. The molecule has 0 radical (unpaired) electrons. The molecular weight excluding hydrogens is 126 g/mol. The summed E-state index contributed by atoms with van der Waals surface area (Å²) >= 11 is 0. The Kier molecular flexibility index (Phi) is 2.69. The van der Waals surface area contributed by atoms with Gasteiger partial charge in [0.2, 0.25) is 0 Å². The zero-order valence-corrected chi connectivity index (χ0v) is 6.88. The molecule has 1 rings (SSSR count). The molecule has 1 fully saturated rings. The Hall–Kier alpha value is -0.0800. The Labute approximate surface area is 62.8 Å². The van der Waals surface area contributed by atoms with Gasteiger partial charge in [0.05, 0.1) is 0 Å². The minimum Gasteiger partial charge on any atom is -0.396 e. The molecular formula is C8H17NO. The first-order valence-electron chi connectivity index (χ1n) is 4.07. The van der Waals surface area contributed by atoms with Crippen LogP contribution in [-0.2, 0) is 0 Å². The summed E-state index contributed by atoms with van der Waals surface area (Å²) in [7, 11) is 2.13. The van der Waals surface area contributed by atoms with E-state index in [-0.39, 0.29) is 0 Å². The second-order valence-corrected chi connectivity index (χ2v) is 3.31. The van der Waals surface area contributed by atoms with Crippen molar-refractivity contribution in [3.63, 3.8) is 0 Å². The van der Waals surface area contributed by atoms with Gasteiger partial charge in [0.25, 0.3) is 0 Å². The van der Waals surface area contributed by atoms with Gasteiger partial charge in [-0.3, -0.25) is 0 Å². The van der Waals surface area contributed by atoms with Crippen molar-refractivity contribution in [3.8, 4) is 0 Å². The number of nitrogens with zero attached hydrogens (tertiary/aromatic N) is 1. The van der Waals surface area contributed by atoms with Crippen molar-refractivity contribution < 1.29 is 5.11 Å². The van der Waals surface area contributed by atoms with Gasteiger partial charge in [-0.05, 0) is 39.3 Å². The summed E-state index contributed by atoms with van der Waals surface area (Å²) in [5.41, 5.74) is 0. The summed E-state index contributed by atoms with van der Waals surface area (Å²) in [5.74, 6) is 0.513. The van der Waals surface area contributed by atoms with Gasteiger partial charge in [-0.1, -0.05) is 0 Å². The number of rotatable bonds is 1. The maximum atomic E-state index is 8.95. The molecule has 1 N–H and O–H groups in total. The van der Waals surface area contributed by atoms with Crippen LogP contribution in [0, 0.1) is 5.92 Å². The molecule has 0 saturated carbocycles. The molecule has 2 heteroatoms. The third kappa shape index (κ3) is 1.50. The van der Waals surface area contributed by atoms with Gasteiger partial charge in [0, 0.05) is 12.6 Å². The Morgan fingerprint density at radius 3 is 2.80 bits per heavy atom. The van der Waals surface area contributed by atoms with Crippen LogP contribution < -0.4 is 0 Å². The van der Waals surface area contributed by atoms with Crippen molar-refractivity contribution >= 4 is 0 Å². The Morgan fingerprint density at radius 2 is 2.30 bits per heavy atom. The van der Waals surface area contributed by atoms with Crippen LogP contribution in [-0.4, -0.2) is 36.2 Å². The van der Waals surface area contributed by atoms with E-state index in [1.165, 1.54) is 19.4 Å². The van der Waals surface area contributed by atoms with E-state index in [1.54, 1.807) is 0 Å². The highest BCUT2D eigenvalue weighted by atomic mass is 16.3.